The first-order valence-corrected chi connectivity index (χ1v) is 8.20. The highest BCUT2D eigenvalue weighted by molar-refractivity contribution is 7.92. The molecule has 0 radical (unpaired) electrons. The molecule has 8 nitrogen and oxygen atoms in total. The van der Waals surface area contributed by atoms with E-state index in [1.54, 1.807) is 0 Å². The molecule has 0 bridgehead atoms. The zero-order valence-corrected chi connectivity index (χ0v) is 13.0. The monoisotopic (exact) mass is 347 g/mol. The quantitative estimate of drug-likeness (QED) is 0.414. The SMILES string of the molecule is Nc1ccc(S(=O)(=O)Nc2c(O)c3ccc(N)cc3oc2=O)cc1. The minimum Gasteiger partial charge on any atom is -0.505 e. The van der Waals surface area contributed by atoms with Gasteiger partial charge in [-0.2, -0.15) is 0 Å². The van der Waals surface area contributed by atoms with E-state index in [0.717, 1.165) is 0 Å². The van der Waals surface area contributed by atoms with E-state index in [9.17, 15) is 18.3 Å². The van der Waals surface area contributed by atoms with E-state index < -0.39 is 27.1 Å². The van der Waals surface area contributed by atoms with E-state index in [1.807, 2.05) is 4.72 Å². The normalized spacial score (nSPS) is 11.5. The summed E-state index contributed by atoms with van der Waals surface area (Å²) in [4.78, 5) is 11.9. The van der Waals surface area contributed by atoms with Gasteiger partial charge in [-0.05, 0) is 36.4 Å². The number of sulfonamides is 1. The summed E-state index contributed by atoms with van der Waals surface area (Å²) in [6, 6.07) is 9.62. The fourth-order valence-electron chi connectivity index (χ4n) is 2.13. The molecule has 0 amide bonds. The van der Waals surface area contributed by atoms with Crippen LogP contribution in [0.2, 0.25) is 0 Å². The summed E-state index contributed by atoms with van der Waals surface area (Å²) in [5, 5.41) is 10.4. The number of nitrogens with one attached hydrogen (secondary N) is 1. The molecule has 1 heterocycles. The van der Waals surface area contributed by atoms with Crippen molar-refractivity contribution in [2.75, 3.05) is 16.2 Å². The van der Waals surface area contributed by atoms with Crippen LogP contribution in [0.25, 0.3) is 11.0 Å². The number of aromatic hydroxyl groups is 1. The number of fused-ring (bicyclic) bond motifs is 1. The van der Waals surface area contributed by atoms with E-state index in [2.05, 4.69) is 0 Å². The number of nitrogen functional groups attached to an aromatic ring is 2. The summed E-state index contributed by atoms with van der Waals surface area (Å²) in [6.07, 6.45) is 0. The number of rotatable bonds is 3. The Hall–Kier alpha value is -3.20. The maximum Gasteiger partial charge on any atom is 0.364 e. The maximum atomic E-state index is 12.3. The lowest BCUT2D eigenvalue weighted by atomic mass is 10.2. The van der Waals surface area contributed by atoms with Crippen LogP contribution in [-0.2, 0) is 10.0 Å². The first kappa shape index (κ1) is 15.7. The van der Waals surface area contributed by atoms with Crippen molar-refractivity contribution < 1.29 is 17.9 Å². The van der Waals surface area contributed by atoms with Crippen LogP contribution >= 0.6 is 0 Å². The van der Waals surface area contributed by atoms with Crippen molar-refractivity contribution in [2.24, 2.45) is 0 Å². The number of anilines is 3. The van der Waals surface area contributed by atoms with Gasteiger partial charge in [0.25, 0.3) is 10.0 Å². The second-order valence-electron chi connectivity index (χ2n) is 5.04. The van der Waals surface area contributed by atoms with Crippen LogP contribution in [0.3, 0.4) is 0 Å². The van der Waals surface area contributed by atoms with Gasteiger partial charge in [-0.25, -0.2) is 13.2 Å². The minimum absolute atomic E-state index is 0.0490. The van der Waals surface area contributed by atoms with Crippen LogP contribution in [0, 0.1) is 0 Å². The summed E-state index contributed by atoms with van der Waals surface area (Å²) in [6.45, 7) is 0. The van der Waals surface area contributed by atoms with Gasteiger partial charge in [0, 0.05) is 17.4 Å². The molecular weight excluding hydrogens is 334 g/mol. The molecule has 0 fully saturated rings. The fraction of sp³-hybridized carbons (Fsp3) is 0. The third-order valence-corrected chi connectivity index (χ3v) is 4.70. The Morgan fingerprint density at radius 2 is 1.62 bits per heavy atom. The second-order valence-corrected chi connectivity index (χ2v) is 6.73. The topological polar surface area (TPSA) is 149 Å². The smallest absolute Gasteiger partial charge is 0.364 e. The Balaban J connectivity index is 2.11. The molecule has 6 N–H and O–H groups in total. The van der Waals surface area contributed by atoms with Gasteiger partial charge in [0.2, 0.25) is 0 Å². The van der Waals surface area contributed by atoms with Crippen LogP contribution in [0.1, 0.15) is 0 Å². The van der Waals surface area contributed by atoms with Crippen LogP contribution < -0.4 is 21.8 Å². The molecule has 9 heteroatoms. The Morgan fingerprint density at radius 1 is 1.00 bits per heavy atom. The van der Waals surface area contributed by atoms with Crippen molar-refractivity contribution in [2.45, 2.75) is 4.90 Å². The Kier molecular flexibility index (Phi) is 3.57. The molecule has 2 aromatic carbocycles. The van der Waals surface area contributed by atoms with Crippen molar-refractivity contribution in [3.05, 3.63) is 52.9 Å². The molecular formula is C15H13N3O5S. The molecule has 0 aliphatic rings. The van der Waals surface area contributed by atoms with E-state index in [0.29, 0.717) is 11.4 Å². The van der Waals surface area contributed by atoms with Gasteiger partial charge in [0.1, 0.15) is 5.58 Å². The van der Waals surface area contributed by atoms with Gasteiger partial charge < -0.3 is 21.0 Å². The van der Waals surface area contributed by atoms with Gasteiger partial charge in [0.15, 0.2) is 11.4 Å². The first-order chi connectivity index (χ1) is 11.3. The van der Waals surface area contributed by atoms with Crippen molar-refractivity contribution in [1.29, 1.82) is 0 Å². The molecule has 0 unspecified atom stereocenters. The van der Waals surface area contributed by atoms with Crippen molar-refractivity contribution >= 4 is 38.1 Å². The molecule has 0 aliphatic carbocycles. The van der Waals surface area contributed by atoms with Crippen LogP contribution in [0.5, 0.6) is 5.75 Å². The molecule has 0 spiro atoms. The highest BCUT2D eigenvalue weighted by atomic mass is 32.2. The molecule has 24 heavy (non-hydrogen) atoms. The van der Waals surface area contributed by atoms with Gasteiger partial charge >= 0.3 is 5.63 Å². The minimum atomic E-state index is -4.10. The summed E-state index contributed by atoms with van der Waals surface area (Å²) < 4.78 is 31.7. The Labute approximate surface area is 136 Å². The van der Waals surface area contributed by atoms with Crippen LogP contribution in [0.4, 0.5) is 17.1 Å². The second kappa shape index (κ2) is 5.46. The standard InChI is InChI=1S/C15H13N3O5S/c16-8-1-4-10(5-2-8)24(21,22)18-13-14(19)11-6-3-9(17)7-12(11)23-15(13)20/h1-7,18-19H,16-17H2. The predicted octanol–water partition coefficient (Wildman–Crippen LogP) is 1.46. The molecule has 3 aromatic rings. The van der Waals surface area contributed by atoms with E-state index in [4.69, 9.17) is 15.9 Å². The molecule has 0 saturated heterocycles. The fourth-order valence-corrected chi connectivity index (χ4v) is 3.19. The zero-order valence-electron chi connectivity index (χ0n) is 12.2. The van der Waals surface area contributed by atoms with Gasteiger partial charge in [-0.3, -0.25) is 4.72 Å². The predicted molar refractivity (Wildman–Crippen MR) is 90.2 cm³/mol. The number of nitrogens with two attached hydrogens (primary N) is 2. The summed E-state index contributed by atoms with van der Waals surface area (Å²) in [5.74, 6) is -0.541. The summed E-state index contributed by atoms with van der Waals surface area (Å²) >= 11 is 0. The zero-order chi connectivity index (χ0) is 17.5. The summed E-state index contributed by atoms with van der Waals surface area (Å²) in [5.41, 5.74) is 10.3. The number of benzene rings is 2. The largest absolute Gasteiger partial charge is 0.505 e. The molecule has 0 saturated carbocycles. The first-order valence-electron chi connectivity index (χ1n) is 6.71. The maximum absolute atomic E-state index is 12.3. The Bertz CT molecular complexity index is 1090. The molecule has 0 atom stereocenters. The number of hydrogen-bond acceptors (Lipinski definition) is 7. The van der Waals surface area contributed by atoms with E-state index in [1.165, 1.54) is 42.5 Å². The molecule has 3 rings (SSSR count). The summed E-state index contributed by atoms with van der Waals surface area (Å²) in [7, 11) is -4.10. The van der Waals surface area contributed by atoms with Gasteiger partial charge in [-0.1, -0.05) is 0 Å². The lowest BCUT2D eigenvalue weighted by Crippen LogP contribution is -2.18. The third kappa shape index (κ3) is 2.72. The van der Waals surface area contributed by atoms with Crippen molar-refractivity contribution in [3.8, 4) is 5.75 Å². The highest BCUT2D eigenvalue weighted by Crippen LogP contribution is 2.32. The van der Waals surface area contributed by atoms with Gasteiger partial charge in [0.05, 0.1) is 10.3 Å². The van der Waals surface area contributed by atoms with E-state index >= 15 is 0 Å². The lowest BCUT2D eigenvalue weighted by molar-refractivity contribution is 0.472. The van der Waals surface area contributed by atoms with E-state index in [-0.39, 0.29) is 15.9 Å². The van der Waals surface area contributed by atoms with Crippen molar-refractivity contribution in [1.82, 2.24) is 0 Å². The van der Waals surface area contributed by atoms with Gasteiger partial charge in [-0.15, -0.1) is 0 Å². The van der Waals surface area contributed by atoms with Crippen molar-refractivity contribution in [3.63, 3.8) is 0 Å². The van der Waals surface area contributed by atoms with Crippen LogP contribution in [-0.4, -0.2) is 13.5 Å². The lowest BCUT2D eigenvalue weighted by Gasteiger charge is -2.10. The Morgan fingerprint density at radius 3 is 2.29 bits per heavy atom. The molecule has 124 valence electrons. The molecule has 1 aromatic heterocycles. The average Bonchev–Trinajstić information content (AvgIpc) is 2.51. The molecule has 0 aliphatic heterocycles. The van der Waals surface area contributed by atoms with Crippen LogP contribution in [0.15, 0.2) is 56.6 Å². The number of hydrogen-bond donors (Lipinski definition) is 4. The average molecular weight is 347 g/mol. The highest BCUT2D eigenvalue weighted by Gasteiger charge is 2.21. The third-order valence-electron chi connectivity index (χ3n) is 3.33.